The van der Waals surface area contributed by atoms with Gasteiger partial charge in [0.05, 0.1) is 0 Å². The number of benzene rings is 1. The van der Waals surface area contributed by atoms with Crippen LogP contribution in [0.5, 0.6) is 5.75 Å². The van der Waals surface area contributed by atoms with Crippen molar-refractivity contribution in [2.45, 2.75) is 70.1 Å². The summed E-state index contributed by atoms with van der Waals surface area (Å²) in [4.78, 5) is 1.32. The van der Waals surface area contributed by atoms with Crippen molar-refractivity contribution in [3.8, 4) is 5.75 Å². The maximum absolute atomic E-state index is 10.6. The number of thioether (sulfide) groups is 1. The van der Waals surface area contributed by atoms with Crippen molar-refractivity contribution in [3.05, 3.63) is 23.8 Å². The van der Waals surface area contributed by atoms with Gasteiger partial charge in [-0.25, -0.2) is 0 Å². The van der Waals surface area contributed by atoms with Gasteiger partial charge in [-0.1, -0.05) is 40.2 Å². The van der Waals surface area contributed by atoms with Gasteiger partial charge in [-0.15, -0.1) is 11.8 Å². The molecule has 0 radical (unpaired) electrons. The van der Waals surface area contributed by atoms with Crippen molar-refractivity contribution in [2.75, 3.05) is 5.75 Å². The van der Waals surface area contributed by atoms with Gasteiger partial charge in [0, 0.05) is 21.6 Å². The highest BCUT2D eigenvalue weighted by molar-refractivity contribution is 7.99. The van der Waals surface area contributed by atoms with Crippen LogP contribution in [-0.4, -0.2) is 10.9 Å². The molecular formula is C21H30OS. The van der Waals surface area contributed by atoms with Crippen molar-refractivity contribution in [1.82, 2.24) is 0 Å². The molecule has 1 aromatic rings. The molecule has 1 nitrogen and oxygen atoms in total. The van der Waals surface area contributed by atoms with Crippen LogP contribution < -0.4 is 0 Å². The average Bonchev–Trinajstić information content (AvgIpc) is 2.45. The average molecular weight is 331 g/mol. The van der Waals surface area contributed by atoms with E-state index in [1.807, 2.05) is 23.9 Å². The number of hydrogen-bond donors (Lipinski definition) is 1. The molecule has 23 heavy (non-hydrogen) atoms. The summed E-state index contributed by atoms with van der Waals surface area (Å²) in [6.07, 6.45) is 6.66. The predicted octanol–water partition coefficient (Wildman–Crippen LogP) is 6.00. The van der Waals surface area contributed by atoms with Crippen LogP contribution in [-0.2, 0) is 5.41 Å². The van der Waals surface area contributed by atoms with E-state index in [4.69, 9.17) is 0 Å². The molecule has 0 amide bonds. The second-order valence-corrected chi connectivity index (χ2v) is 10.4. The van der Waals surface area contributed by atoms with Gasteiger partial charge in [0.25, 0.3) is 0 Å². The van der Waals surface area contributed by atoms with E-state index < -0.39 is 0 Å². The van der Waals surface area contributed by atoms with Crippen LogP contribution in [0.25, 0.3) is 0 Å². The third-order valence-electron chi connectivity index (χ3n) is 7.77. The predicted molar refractivity (Wildman–Crippen MR) is 98.1 cm³/mol. The lowest BCUT2D eigenvalue weighted by molar-refractivity contribution is -0.0976. The first-order chi connectivity index (χ1) is 10.8. The van der Waals surface area contributed by atoms with E-state index in [-0.39, 0.29) is 5.41 Å². The molecule has 0 bridgehead atoms. The van der Waals surface area contributed by atoms with Gasteiger partial charge in [0.1, 0.15) is 5.75 Å². The fourth-order valence-corrected chi connectivity index (χ4v) is 8.46. The van der Waals surface area contributed by atoms with Crippen LogP contribution >= 0.6 is 11.8 Å². The van der Waals surface area contributed by atoms with E-state index in [0.717, 1.165) is 5.92 Å². The Morgan fingerprint density at radius 1 is 1.04 bits per heavy atom. The number of fused-ring (bicyclic) bond motifs is 5. The molecule has 4 rings (SSSR count). The highest BCUT2D eigenvalue weighted by atomic mass is 32.2. The third kappa shape index (κ3) is 2.06. The number of phenolic OH excluding ortho intramolecular Hbond substituents is 1. The second-order valence-electron chi connectivity index (χ2n) is 9.37. The molecule has 0 spiro atoms. The van der Waals surface area contributed by atoms with Crippen LogP contribution in [0.3, 0.4) is 0 Å². The molecule has 1 heterocycles. The lowest BCUT2D eigenvalue weighted by atomic mass is 9.43. The molecule has 1 aromatic carbocycles. The molecular weight excluding hydrogens is 300 g/mol. The zero-order valence-electron chi connectivity index (χ0n) is 15.0. The minimum atomic E-state index is 0.143. The van der Waals surface area contributed by atoms with Crippen molar-refractivity contribution in [2.24, 2.45) is 22.7 Å². The maximum atomic E-state index is 10.6. The third-order valence-corrected chi connectivity index (χ3v) is 8.93. The van der Waals surface area contributed by atoms with E-state index in [0.29, 0.717) is 22.5 Å². The summed E-state index contributed by atoms with van der Waals surface area (Å²) < 4.78 is 0. The van der Waals surface area contributed by atoms with Crippen LogP contribution in [0.4, 0.5) is 0 Å². The smallest absolute Gasteiger partial charge is 0.120 e. The van der Waals surface area contributed by atoms with Crippen molar-refractivity contribution in [3.63, 3.8) is 0 Å². The molecule has 4 atom stereocenters. The normalized spacial score (nSPS) is 41.6. The molecule has 2 heteroatoms. The fourth-order valence-electron chi connectivity index (χ4n) is 6.71. The van der Waals surface area contributed by atoms with Gasteiger partial charge >= 0.3 is 0 Å². The van der Waals surface area contributed by atoms with E-state index >= 15 is 0 Å². The van der Waals surface area contributed by atoms with E-state index in [2.05, 4.69) is 33.8 Å². The second kappa shape index (κ2) is 4.94. The monoisotopic (exact) mass is 330 g/mol. The zero-order chi connectivity index (χ0) is 16.5. The van der Waals surface area contributed by atoms with Crippen molar-refractivity contribution >= 4 is 11.8 Å². The lowest BCUT2D eigenvalue weighted by Gasteiger charge is -2.64. The Kier molecular flexibility index (Phi) is 3.41. The highest BCUT2D eigenvalue weighted by Crippen LogP contribution is 2.67. The molecule has 1 N–H and O–H groups in total. The van der Waals surface area contributed by atoms with Gasteiger partial charge in [-0.05, 0) is 60.5 Å². The Labute approximate surface area is 145 Å². The summed E-state index contributed by atoms with van der Waals surface area (Å²) in [6, 6.07) is 6.11. The molecule has 2 aliphatic carbocycles. The van der Waals surface area contributed by atoms with Gasteiger partial charge in [0.15, 0.2) is 0 Å². The fraction of sp³-hybridized carbons (Fsp3) is 0.714. The summed E-state index contributed by atoms with van der Waals surface area (Å²) in [5.74, 6) is 3.25. The molecule has 2 fully saturated rings. The van der Waals surface area contributed by atoms with Crippen molar-refractivity contribution in [1.29, 1.82) is 0 Å². The Hall–Kier alpha value is -0.630. The molecule has 126 valence electrons. The lowest BCUT2D eigenvalue weighted by Crippen LogP contribution is -2.58. The highest BCUT2D eigenvalue weighted by Gasteiger charge is 2.60. The van der Waals surface area contributed by atoms with Gasteiger partial charge in [0.2, 0.25) is 0 Å². The summed E-state index contributed by atoms with van der Waals surface area (Å²) >= 11 is 1.98. The van der Waals surface area contributed by atoms with Gasteiger partial charge in [-0.3, -0.25) is 0 Å². The van der Waals surface area contributed by atoms with E-state index in [9.17, 15) is 5.11 Å². The van der Waals surface area contributed by atoms with Crippen LogP contribution in [0.2, 0.25) is 0 Å². The Morgan fingerprint density at radius 3 is 2.61 bits per heavy atom. The number of rotatable bonds is 0. The molecule has 2 saturated carbocycles. The van der Waals surface area contributed by atoms with Gasteiger partial charge in [-0.2, -0.15) is 0 Å². The first-order valence-corrected chi connectivity index (χ1v) is 10.2. The number of aromatic hydroxyl groups is 1. The molecule has 0 aromatic heterocycles. The molecule has 0 saturated heterocycles. The Bertz CT molecular complexity index is 637. The first kappa shape index (κ1) is 15.9. The molecule has 4 unspecified atom stereocenters. The van der Waals surface area contributed by atoms with E-state index in [1.54, 1.807) is 0 Å². The Balaban J connectivity index is 1.83. The van der Waals surface area contributed by atoms with Gasteiger partial charge < -0.3 is 5.11 Å². The van der Waals surface area contributed by atoms with Crippen LogP contribution in [0.15, 0.2) is 23.1 Å². The standard InChI is InChI=1S/C21H30OS/c1-19(2)10-6-11-20(3)16(19)9-12-21(4)17(20)13-23-15-8-5-7-14(22)18(15)21/h5,7-8,16-17,22H,6,9-13H2,1-4H3. The number of phenols is 1. The minimum absolute atomic E-state index is 0.143. The summed E-state index contributed by atoms with van der Waals surface area (Å²) in [5, 5.41) is 10.6. The van der Waals surface area contributed by atoms with Crippen LogP contribution in [0.1, 0.15) is 65.4 Å². The van der Waals surface area contributed by atoms with Crippen molar-refractivity contribution < 1.29 is 5.11 Å². The molecule has 3 aliphatic rings. The maximum Gasteiger partial charge on any atom is 0.120 e. The zero-order valence-corrected chi connectivity index (χ0v) is 15.8. The number of hydrogen-bond acceptors (Lipinski definition) is 2. The Morgan fingerprint density at radius 2 is 1.83 bits per heavy atom. The summed E-state index contributed by atoms with van der Waals surface area (Å²) in [5.41, 5.74) is 2.29. The largest absolute Gasteiger partial charge is 0.508 e. The van der Waals surface area contributed by atoms with Crippen LogP contribution in [0, 0.1) is 22.7 Å². The molecule has 1 aliphatic heterocycles. The summed E-state index contributed by atoms with van der Waals surface area (Å²) in [7, 11) is 0. The SMILES string of the molecule is CC1(C)CCCC2(C)C1CCC1(C)c3c(O)cccc3SCC12. The topological polar surface area (TPSA) is 20.2 Å². The summed E-state index contributed by atoms with van der Waals surface area (Å²) in [6.45, 7) is 10.0. The first-order valence-electron chi connectivity index (χ1n) is 9.24. The minimum Gasteiger partial charge on any atom is -0.508 e. The quantitative estimate of drug-likeness (QED) is 0.629. The van der Waals surface area contributed by atoms with E-state index in [1.165, 1.54) is 48.3 Å².